The first-order valence-corrected chi connectivity index (χ1v) is 30.5. The quantitative estimate of drug-likeness (QED) is 0.0195. The SMILES string of the molecule is CC/C=C\C/C=C\C/C=C\C/C=C\CCCCCCCCCCCCCCCCCCCCC(=O)OC(COC(=O)CCCCCCC/C=C\CCCCCCCC)COP(=O)([O-])OCC[N+](C)(C)C. The number of carbonyl (C=O) groups excluding carboxylic acids is 2. The Morgan fingerprint density at radius 2 is 0.814 bits per heavy atom. The highest BCUT2D eigenvalue weighted by Crippen LogP contribution is 2.38. The first-order chi connectivity index (χ1) is 34.0. The molecule has 0 bridgehead atoms. The fraction of sp³-hybridized carbons (Fsp3) is 0.800. The summed E-state index contributed by atoms with van der Waals surface area (Å²) in [5.41, 5.74) is 0. The number of unbranched alkanes of at least 4 members (excludes halogenated alkanes) is 29. The third-order valence-corrected chi connectivity index (χ3v) is 13.5. The number of quaternary nitrogens is 1. The van der Waals surface area contributed by atoms with Gasteiger partial charge in [0.05, 0.1) is 27.7 Å². The minimum absolute atomic E-state index is 0.0320. The highest BCUT2D eigenvalue weighted by molar-refractivity contribution is 7.45. The third-order valence-electron chi connectivity index (χ3n) is 12.5. The van der Waals surface area contributed by atoms with E-state index in [1.807, 2.05) is 21.1 Å². The van der Waals surface area contributed by atoms with E-state index in [1.165, 1.54) is 141 Å². The normalized spacial score (nSPS) is 13.7. The van der Waals surface area contributed by atoms with Crippen LogP contribution in [0.25, 0.3) is 0 Å². The third kappa shape index (κ3) is 55.0. The molecule has 2 unspecified atom stereocenters. The van der Waals surface area contributed by atoms with Gasteiger partial charge in [-0.25, -0.2) is 0 Å². The van der Waals surface area contributed by atoms with Gasteiger partial charge in [0.1, 0.15) is 19.8 Å². The van der Waals surface area contributed by atoms with E-state index >= 15 is 0 Å². The molecule has 408 valence electrons. The second-order valence-electron chi connectivity index (χ2n) is 20.6. The number of rotatable bonds is 53. The molecule has 0 saturated carbocycles. The average Bonchev–Trinajstić information content (AvgIpc) is 3.32. The van der Waals surface area contributed by atoms with E-state index < -0.39 is 26.5 Å². The van der Waals surface area contributed by atoms with Crippen LogP contribution in [0.4, 0.5) is 0 Å². The Morgan fingerprint density at radius 1 is 0.457 bits per heavy atom. The number of hydrogen-bond donors (Lipinski definition) is 0. The average molecular weight is 1000 g/mol. The standard InChI is InChI=1S/C60H110NO8P/c1-6-8-10-12-14-16-18-20-22-23-24-25-26-27-28-29-30-31-32-33-34-35-36-37-39-41-43-45-47-49-51-53-60(63)69-58(57-68-70(64,65)67-55-54-61(3,4)5)56-66-59(62)52-50-48-46-44-42-40-38-21-19-17-15-13-11-9-7-2/h8,10,14,16,20-22,24-25,38,58H,6-7,9,11-13,15,17-19,23,26-37,39-57H2,1-5H3/b10-8-,16-14-,22-20-,25-24-,38-21-. The molecule has 0 aliphatic carbocycles. The monoisotopic (exact) mass is 1000 g/mol. The first kappa shape index (κ1) is 67.7. The van der Waals surface area contributed by atoms with Crippen LogP contribution in [0.5, 0.6) is 0 Å². The first-order valence-electron chi connectivity index (χ1n) is 29.0. The predicted molar refractivity (Wildman–Crippen MR) is 296 cm³/mol. The van der Waals surface area contributed by atoms with Gasteiger partial charge in [0.15, 0.2) is 6.10 Å². The van der Waals surface area contributed by atoms with Gasteiger partial charge in [-0.1, -0.05) is 229 Å². The van der Waals surface area contributed by atoms with E-state index in [0.717, 1.165) is 83.5 Å². The lowest BCUT2D eigenvalue weighted by atomic mass is 10.0. The zero-order chi connectivity index (χ0) is 51.3. The number of ether oxygens (including phenoxy) is 2. The second-order valence-corrected chi connectivity index (χ2v) is 22.0. The lowest BCUT2D eigenvalue weighted by Gasteiger charge is -2.28. The van der Waals surface area contributed by atoms with Gasteiger partial charge in [0.25, 0.3) is 7.82 Å². The van der Waals surface area contributed by atoms with Crippen molar-refractivity contribution in [1.29, 1.82) is 0 Å². The van der Waals surface area contributed by atoms with Gasteiger partial charge in [-0.3, -0.25) is 14.2 Å². The van der Waals surface area contributed by atoms with E-state index in [1.54, 1.807) is 0 Å². The van der Waals surface area contributed by atoms with E-state index in [4.69, 9.17) is 18.5 Å². The lowest BCUT2D eigenvalue weighted by Crippen LogP contribution is -2.37. The van der Waals surface area contributed by atoms with E-state index in [9.17, 15) is 19.0 Å². The van der Waals surface area contributed by atoms with Gasteiger partial charge in [-0.05, 0) is 77.0 Å². The van der Waals surface area contributed by atoms with Crippen LogP contribution in [-0.2, 0) is 32.7 Å². The summed E-state index contributed by atoms with van der Waals surface area (Å²) in [5, 5.41) is 0. The van der Waals surface area contributed by atoms with Crippen molar-refractivity contribution >= 4 is 19.8 Å². The highest BCUT2D eigenvalue weighted by Gasteiger charge is 2.22. The molecule has 0 fully saturated rings. The number of allylic oxidation sites excluding steroid dienone is 10. The number of esters is 2. The Morgan fingerprint density at radius 3 is 1.23 bits per heavy atom. The van der Waals surface area contributed by atoms with Gasteiger partial charge in [-0.2, -0.15) is 0 Å². The highest BCUT2D eigenvalue weighted by atomic mass is 31.2. The topological polar surface area (TPSA) is 111 Å². The molecule has 0 aliphatic heterocycles. The Balaban J connectivity index is 4.06. The predicted octanol–water partition coefficient (Wildman–Crippen LogP) is 17.3. The molecular weight excluding hydrogens is 894 g/mol. The number of phosphoric acid groups is 1. The van der Waals surface area contributed by atoms with Crippen LogP contribution in [0.1, 0.15) is 258 Å². The molecule has 10 heteroatoms. The minimum Gasteiger partial charge on any atom is -0.756 e. The maximum Gasteiger partial charge on any atom is 0.306 e. The van der Waals surface area contributed by atoms with E-state index in [2.05, 4.69) is 74.6 Å². The number of hydrogen-bond acceptors (Lipinski definition) is 8. The van der Waals surface area contributed by atoms with Crippen molar-refractivity contribution in [2.24, 2.45) is 0 Å². The van der Waals surface area contributed by atoms with Crippen LogP contribution < -0.4 is 4.89 Å². The number of nitrogens with zero attached hydrogens (tertiary/aromatic N) is 1. The van der Waals surface area contributed by atoms with Crippen LogP contribution in [-0.4, -0.2) is 70.0 Å². The van der Waals surface area contributed by atoms with Crippen LogP contribution in [0.2, 0.25) is 0 Å². The molecule has 9 nitrogen and oxygen atoms in total. The van der Waals surface area contributed by atoms with Crippen LogP contribution in [0.15, 0.2) is 60.8 Å². The maximum absolute atomic E-state index is 12.8. The zero-order valence-corrected chi connectivity index (χ0v) is 47.1. The molecule has 2 atom stereocenters. The molecule has 0 saturated heterocycles. The molecule has 0 radical (unpaired) electrons. The Hall–Kier alpha value is -2.29. The number of carbonyl (C=O) groups is 2. The fourth-order valence-electron chi connectivity index (χ4n) is 8.05. The molecule has 0 N–H and O–H groups in total. The minimum atomic E-state index is -4.63. The van der Waals surface area contributed by atoms with Gasteiger partial charge in [0, 0.05) is 12.8 Å². The van der Waals surface area contributed by atoms with Crippen molar-refractivity contribution in [3.63, 3.8) is 0 Å². The molecule has 0 amide bonds. The van der Waals surface area contributed by atoms with Crippen LogP contribution in [0, 0.1) is 0 Å². The van der Waals surface area contributed by atoms with E-state index in [-0.39, 0.29) is 32.0 Å². The van der Waals surface area contributed by atoms with Crippen molar-refractivity contribution in [2.75, 3.05) is 47.5 Å². The van der Waals surface area contributed by atoms with Gasteiger partial charge >= 0.3 is 11.9 Å². The summed E-state index contributed by atoms with van der Waals surface area (Å²) >= 11 is 0. The van der Waals surface area contributed by atoms with Crippen LogP contribution in [0.3, 0.4) is 0 Å². The summed E-state index contributed by atoms with van der Waals surface area (Å²) in [6.45, 7) is 4.13. The zero-order valence-electron chi connectivity index (χ0n) is 46.2. The Bertz CT molecular complexity index is 1370. The summed E-state index contributed by atoms with van der Waals surface area (Å²) in [4.78, 5) is 37.8. The molecule has 0 heterocycles. The molecule has 0 spiro atoms. The smallest absolute Gasteiger partial charge is 0.306 e. The van der Waals surface area contributed by atoms with Gasteiger partial charge in [-0.15, -0.1) is 0 Å². The molecule has 0 aromatic heterocycles. The summed E-state index contributed by atoms with van der Waals surface area (Å²) in [7, 11) is 1.17. The van der Waals surface area contributed by atoms with E-state index in [0.29, 0.717) is 17.4 Å². The second kappa shape index (κ2) is 51.6. The van der Waals surface area contributed by atoms with Gasteiger partial charge < -0.3 is 27.9 Å². The molecule has 0 aliphatic rings. The summed E-state index contributed by atoms with van der Waals surface area (Å²) in [6, 6.07) is 0. The Kier molecular flexibility index (Phi) is 49.9. The molecule has 70 heavy (non-hydrogen) atoms. The molecule has 0 rings (SSSR count). The van der Waals surface area contributed by atoms with Crippen molar-refractivity contribution in [3.8, 4) is 0 Å². The number of phosphoric ester groups is 1. The van der Waals surface area contributed by atoms with Crippen molar-refractivity contribution in [2.45, 2.75) is 264 Å². The largest absolute Gasteiger partial charge is 0.756 e. The fourth-order valence-corrected chi connectivity index (χ4v) is 8.78. The maximum atomic E-state index is 12.8. The Labute approximate surface area is 432 Å². The summed E-state index contributed by atoms with van der Waals surface area (Å²) < 4.78 is 34.1. The number of likely N-dealkylation sites (N-methyl/N-ethyl adjacent to an activating group) is 1. The molecule has 0 aromatic rings. The van der Waals surface area contributed by atoms with Crippen molar-refractivity contribution < 1.29 is 42.1 Å². The van der Waals surface area contributed by atoms with Crippen LogP contribution >= 0.6 is 7.82 Å². The van der Waals surface area contributed by atoms with Crippen molar-refractivity contribution in [3.05, 3.63) is 60.8 Å². The molecule has 0 aromatic carbocycles. The summed E-state index contributed by atoms with van der Waals surface area (Å²) in [6.07, 6.45) is 65.6. The van der Waals surface area contributed by atoms with Gasteiger partial charge in [0.2, 0.25) is 0 Å². The lowest BCUT2D eigenvalue weighted by molar-refractivity contribution is -0.870. The van der Waals surface area contributed by atoms with Crippen molar-refractivity contribution in [1.82, 2.24) is 0 Å². The summed E-state index contributed by atoms with van der Waals surface area (Å²) in [5.74, 6) is -0.835. The molecular formula is C60H110NO8P.